The molecule has 0 saturated carbocycles. The van der Waals surface area contributed by atoms with Gasteiger partial charge in [-0.25, -0.2) is 0 Å². The highest BCUT2D eigenvalue weighted by molar-refractivity contribution is 5.84. The number of benzene rings is 1. The standard InChI is InChI=1S/C15H21N3/c1-11-3-4-13-12(2)15(17-14(13)9-11)10-18-7-5-16-6-8-18/h3-4,9,16-17H,5-8,10H2,1-2H3. The Hall–Kier alpha value is -1.32. The maximum Gasteiger partial charge on any atom is 0.0461 e. The molecule has 0 amide bonds. The normalized spacial score (nSPS) is 17.4. The van der Waals surface area contributed by atoms with E-state index in [-0.39, 0.29) is 0 Å². The molecule has 18 heavy (non-hydrogen) atoms. The Labute approximate surface area is 108 Å². The van der Waals surface area contributed by atoms with E-state index in [0.29, 0.717) is 0 Å². The van der Waals surface area contributed by atoms with E-state index in [1.54, 1.807) is 0 Å². The van der Waals surface area contributed by atoms with E-state index in [0.717, 1.165) is 32.7 Å². The molecule has 0 spiro atoms. The van der Waals surface area contributed by atoms with Crippen molar-refractivity contribution in [1.82, 2.24) is 15.2 Å². The van der Waals surface area contributed by atoms with Gasteiger partial charge in [0.05, 0.1) is 0 Å². The van der Waals surface area contributed by atoms with Crippen LogP contribution in [0.25, 0.3) is 10.9 Å². The molecular weight excluding hydrogens is 222 g/mol. The molecule has 0 unspecified atom stereocenters. The summed E-state index contributed by atoms with van der Waals surface area (Å²) in [5.41, 5.74) is 5.37. The van der Waals surface area contributed by atoms with Crippen LogP contribution in [0.2, 0.25) is 0 Å². The average molecular weight is 243 g/mol. The second-order valence-corrected chi connectivity index (χ2v) is 5.30. The maximum atomic E-state index is 3.59. The Bertz CT molecular complexity index is 550. The van der Waals surface area contributed by atoms with E-state index < -0.39 is 0 Å². The molecule has 3 rings (SSSR count). The molecule has 1 aliphatic rings. The van der Waals surface area contributed by atoms with Gasteiger partial charge >= 0.3 is 0 Å². The predicted octanol–water partition coefficient (Wildman–Crippen LogP) is 2.19. The summed E-state index contributed by atoms with van der Waals surface area (Å²) in [6, 6.07) is 6.67. The molecular formula is C15H21N3. The topological polar surface area (TPSA) is 31.1 Å². The molecule has 1 aromatic heterocycles. The molecule has 3 heteroatoms. The minimum absolute atomic E-state index is 1.04. The molecule has 2 aromatic rings. The Morgan fingerprint density at radius 3 is 2.72 bits per heavy atom. The monoisotopic (exact) mass is 243 g/mol. The lowest BCUT2D eigenvalue weighted by atomic mass is 10.1. The van der Waals surface area contributed by atoms with Gasteiger partial charge in [0.25, 0.3) is 0 Å². The van der Waals surface area contributed by atoms with Crippen LogP contribution in [0.5, 0.6) is 0 Å². The van der Waals surface area contributed by atoms with Crippen molar-refractivity contribution in [2.24, 2.45) is 0 Å². The van der Waals surface area contributed by atoms with Gasteiger partial charge in [0.2, 0.25) is 0 Å². The molecule has 0 radical (unpaired) electrons. The third kappa shape index (κ3) is 2.16. The Morgan fingerprint density at radius 2 is 1.94 bits per heavy atom. The summed E-state index contributed by atoms with van der Waals surface area (Å²) in [6.45, 7) is 9.93. The third-order valence-corrected chi connectivity index (χ3v) is 3.91. The largest absolute Gasteiger partial charge is 0.357 e. The highest BCUT2D eigenvalue weighted by Crippen LogP contribution is 2.23. The van der Waals surface area contributed by atoms with Crippen LogP contribution < -0.4 is 5.32 Å². The average Bonchev–Trinajstić information content (AvgIpc) is 2.67. The molecule has 0 aliphatic carbocycles. The number of aryl methyl sites for hydroxylation is 2. The number of aromatic amines is 1. The van der Waals surface area contributed by atoms with Crippen LogP contribution in [0.1, 0.15) is 16.8 Å². The fourth-order valence-electron chi connectivity index (χ4n) is 2.76. The zero-order valence-corrected chi connectivity index (χ0v) is 11.2. The number of rotatable bonds is 2. The van der Waals surface area contributed by atoms with Gasteiger partial charge in [-0.3, -0.25) is 4.90 Å². The first-order chi connectivity index (χ1) is 8.74. The second-order valence-electron chi connectivity index (χ2n) is 5.30. The van der Waals surface area contributed by atoms with E-state index >= 15 is 0 Å². The molecule has 96 valence electrons. The quantitative estimate of drug-likeness (QED) is 0.847. The van der Waals surface area contributed by atoms with Crippen LogP contribution >= 0.6 is 0 Å². The summed E-state index contributed by atoms with van der Waals surface area (Å²) in [5, 5.41) is 4.76. The number of H-pyrrole nitrogens is 1. The SMILES string of the molecule is Cc1ccc2c(C)c(CN3CCNCC3)[nH]c2c1. The van der Waals surface area contributed by atoms with Crippen LogP contribution in [0.15, 0.2) is 18.2 Å². The van der Waals surface area contributed by atoms with E-state index in [1.165, 1.54) is 27.7 Å². The molecule has 1 saturated heterocycles. The van der Waals surface area contributed by atoms with Crippen molar-refractivity contribution >= 4 is 10.9 Å². The summed E-state index contributed by atoms with van der Waals surface area (Å²) >= 11 is 0. The van der Waals surface area contributed by atoms with Gasteiger partial charge in [0.1, 0.15) is 0 Å². The molecule has 3 nitrogen and oxygen atoms in total. The molecule has 2 heterocycles. The van der Waals surface area contributed by atoms with Crippen LogP contribution in [0.4, 0.5) is 0 Å². The van der Waals surface area contributed by atoms with Gasteiger partial charge in [-0.05, 0) is 31.0 Å². The lowest BCUT2D eigenvalue weighted by molar-refractivity contribution is 0.231. The molecule has 2 N–H and O–H groups in total. The van der Waals surface area contributed by atoms with Crippen molar-refractivity contribution in [1.29, 1.82) is 0 Å². The number of hydrogen-bond acceptors (Lipinski definition) is 2. The number of aromatic nitrogens is 1. The Morgan fingerprint density at radius 1 is 1.17 bits per heavy atom. The number of nitrogens with one attached hydrogen (secondary N) is 2. The van der Waals surface area contributed by atoms with Gasteiger partial charge in [-0.2, -0.15) is 0 Å². The van der Waals surface area contributed by atoms with Crippen LogP contribution in [0, 0.1) is 13.8 Å². The van der Waals surface area contributed by atoms with Crippen molar-refractivity contribution in [3.8, 4) is 0 Å². The van der Waals surface area contributed by atoms with Crippen LogP contribution in [0.3, 0.4) is 0 Å². The summed E-state index contributed by atoms with van der Waals surface area (Å²) in [7, 11) is 0. The summed E-state index contributed by atoms with van der Waals surface area (Å²) < 4.78 is 0. The summed E-state index contributed by atoms with van der Waals surface area (Å²) in [4.78, 5) is 6.10. The lowest BCUT2D eigenvalue weighted by Gasteiger charge is -2.26. The molecule has 0 atom stereocenters. The van der Waals surface area contributed by atoms with E-state index in [1.807, 2.05) is 0 Å². The van der Waals surface area contributed by atoms with E-state index in [4.69, 9.17) is 0 Å². The first-order valence-electron chi connectivity index (χ1n) is 6.75. The van der Waals surface area contributed by atoms with Gasteiger partial charge in [0.15, 0.2) is 0 Å². The second kappa shape index (κ2) is 4.75. The van der Waals surface area contributed by atoms with Gasteiger partial charge in [0, 0.05) is 49.3 Å². The third-order valence-electron chi connectivity index (χ3n) is 3.91. The predicted molar refractivity (Wildman–Crippen MR) is 75.9 cm³/mol. The van der Waals surface area contributed by atoms with Crippen molar-refractivity contribution in [2.45, 2.75) is 20.4 Å². The van der Waals surface area contributed by atoms with E-state index in [9.17, 15) is 0 Å². The highest BCUT2D eigenvalue weighted by atomic mass is 15.2. The smallest absolute Gasteiger partial charge is 0.0461 e. The maximum absolute atomic E-state index is 3.59. The molecule has 1 aromatic carbocycles. The number of hydrogen-bond donors (Lipinski definition) is 2. The Kier molecular flexibility index (Phi) is 3.10. The van der Waals surface area contributed by atoms with Gasteiger partial charge in [-0.15, -0.1) is 0 Å². The number of piperazine rings is 1. The molecule has 0 bridgehead atoms. The zero-order valence-electron chi connectivity index (χ0n) is 11.2. The van der Waals surface area contributed by atoms with Crippen LogP contribution in [-0.4, -0.2) is 36.1 Å². The molecule has 1 aliphatic heterocycles. The number of nitrogens with zero attached hydrogens (tertiary/aromatic N) is 1. The van der Waals surface area contributed by atoms with Crippen molar-refractivity contribution in [2.75, 3.05) is 26.2 Å². The first-order valence-corrected chi connectivity index (χ1v) is 6.75. The first kappa shape index (κ1) is 11.8. The fraction of sp³-hybridized carbons (Fsp3) is 0.467. The van der Waals surface area contributed by atoms with E-state index in [2.05, 4.69) is 47.2 Å². The van der Waals surface area contributed by atoms with Crippen molar-refractivity contribution < 1.29 is 0 Å². The van der Waals surface area contributed by atoms with Gasteiger partial charge < -0.3 is 10.3 Å². The Balaban J connectivity index is 1.89. The summed E-state index contributed by atoms with van der Waals surface area (Å²) in [5.74, 6) is 0. The van der Waals surface area contributed by atoms with Gasteiger partial charge in [-0.1, -0.05) is 12.1 Å². The minimum atomic E-state index is 1.04. The fourth-order valence-corrected chi connectivity index (χ4v) is 2.76. The minimum Gasteiger partial charge on any atom is -0.357 e. The molecule has 1 fully saturated rings. The number of fused-ring (bicyclic) bond motifs is 1. The lowest BCUT2D eigenvalue weighted by Crippen LogP contribution is -2.43. The van der Waals surface area contributed by atoms with Crippen molar-refractivity contribution in [3.63, 3.8) is 0 Å². The van der Waals surface area contributed by atoms with Crippen molar-refractivity contribution in [3.05, 3.63) is 35.0 Å². The highest BCUT2D eigenvalue weighted by Gasteiger charge is 2.13. The summed E-state index contributed by atoms with van der Waals surface area (Å²) in [6.07, 6.45) is 0. The van der Waals surface area contributed by atoms with Crippen LogP contribution in [-0.2, 0) is 6.54 Å². The zero-order chi connectivity index (χ0) is 12.5.